The van der Waals surface area contributed by atoms with E-state index in [-0.39, 0.29) is 11.6 Å². The average molecular weight is 290 g/mol. The highest BCUT2D eigenvalue weighted by molar-refractivity contribution is 9.10. The summed E-state index contributed by atoms with van der Waals surface area (Å²) in [6.07, 6.45) is 1.92. The van der Waals surface area contributed by atoms with Crippen molar-refractivity contribution in [2.75, 3.05) is 11.4 Å². The summed E-state index contributed by atoms with van der Waals surface area (Å²) in [4.78, 5) is 12.8. The molecule has 0 unspecified atom stereocenters. The third kappa shape index (κ3) is 2.09. The van der Waals surface area contributed by atoms with E-state index in [1.54, 1.807) is 0 Å². The maximum atomic E-state index is 13.6. The van der Waals surface area contributed by atoms with Crippen molar-refractivity contribution in [2.45, 2.75) is 19.3 Å². The van der Waals surface area contributed by atoms with E-state index in [0.717, 1.165) is 12.8 Å². The molecule has 1 heterocycles. The van der Waals surface area contributed by atoms with Gasteiger partial charge in [0.25, 0.3) is 0 Å². The number of carbonyl (C=O) groups excluding carboxylic acids is 1. The predicted octanol–water partition coefficient (Wildman–Crippen LogP) is 3.24. The number of halogens is 3. The first-order valence-electron chi connectivity index (χ1n) is 5.04. The lowest BCUT2D eigenvalue weighted by Crippen LogP contribution is -2.36. The van der Waals surface area contributed by atoms with Crippen molar-refractivity contribution in [1.29, 1.82) is 0 Å². The average Bonchev–Trinajstić information content (AvgIpc) is 2.19. The zero-order valence-electron chi connectivity index (χ0n) is 8.47. The van der Waals surface area contributed by atoms with Gasteiger partial charge in [0.2, 0.25) is 5.91 Å². The number of rotatable bonds is 1. The van der Waals surface area contributed by atoms with Crippen LogP contribution in [0.2, 0.25) is 0 Å². The van der Waals surface area contributed by atoms with Gasteiger partial charge in [0.15, 0.2) is 11.6 Å². The molecule has 5 heteroatoms. The van der Waals surface area contributed by atoms with Crippen LogP contribution in [0, 0.1) is 11.6 Å². The summed E-state index contributed by atoms with van der Waals surface area (Å²) >= 11 is 3.00. The monoisotopic (exact) mass is 289 g/mol. The number of anilines is 1. The van der Waals surface area contributed by atoms with E-state index >= 15 is 0 Å². The Morgan fingerprint density at radius 1 is 1.19 bits per heavy atom. The van der Waals surface area contributed by atoms with E-state index < -0.39 is 11.6 Å². The van der Waals surface area contributed by atoms with E-state index in [1.165, 1.54) is 17.0 Å². The number of amides is 1. The van der Waals surface area contributed by atoms with Crippen molar-refractivity contribution < 1.29 is 13.6 Å². The Labute approximate surface area is 100 Å². The van der Waals surface area contributed by atoms with Crippen LogP contribution in [0.25, 0.3) is 0 Å². The molecule has 0 bridgehead atoms. The van der Waals surface area contributed by atoms with Crippen LogP contribution in [-0.2, 0) is 4.79 Å². The third-order valence-electron chi connectivity index (χ3n) is 2.57. The Kier molecular flexibility index (Phi) is 3.23. The molecule has 0 aromatic heterocycles. The topological polar surface area (TPSA) is 20.3 Å². The quantitative estimate of drug-likeness (QED) is 0.777. The normalized spacial score (nSPS) is 16.7. The van der Waals surface area contributed by atoms with Crippen LogP contribution < -0.4 is 4.90 Å². The molecular weight excluding hydrogens is 280 g/mol. The van der Waals surface area contributed by atoms with Crippen LogP contribution in [-0.4, -0.2) is 12.5 Å². The fourth-order valence-corrected chi connectivity index (χ4v) is 2.24. The summed E-state index contributed by atoms with van der Waals surface area (Å²) in [6.45, 7) is 0.383. The van der Waals surface area contributed by atoms with Gasteiger partial charge in [-0.2, -0.15) is 0 Å². The van der Waals surface area contributed by atoms with Crippen LogP contribution in [0.3, 0.4) is 0 Å². The van der Waals surface area contributed by atoms with Crippen LogP contribution in [0.4, 0.5) is 14.5 Å². The molecule has 1 aromatic carbocycles. The minimum atomic E-state index is -0.706. The van der Waals surface area contributed by atoms with Gasteiger partial charge in [-0.25, -0.2) is 8.78 Å². The fraction of sp³-hybridized carbons (Fsp3) is 0.364. The van der Waals surface area contributed by atoms with Gasteiger partial charge in [-0.3, -0.25) is 4.79 Å². The van der Waals surface area contributed by atoms with Crippen LogP contribution >= 0.6 is 15.9 Å². The molecule has 1 aromatic rings. The third-order valence-corrected chi connectivity index (χ3v) is 3.03. The second-order valence-corrected chi connectivity index (χ2v) is 4.64. The standard InChI is InChI=1S/C11H10BrF2NO/c12-7-5-8(13)11(9(14)6-7)15-4-2-1-3-10(15)16/h5-6H,1-4H2. The van der Waals surface area contributed by atoms with Gasteiger partial charge in [0, 0.05) is 17.4 Å². The number of piperidine rings is 1. The fourth-order valence-electron chi connectivity index (χ4n) is 1.83. The van der Waals surface area contributed by atoms with Gasteiger partial charge in [-0.15, -0.1) is 0 Å². The summed E-state index contributed by atoms with van der Waals surface area (Å²) in [6, 6.07) is 2.33. The predicted molar refractivity (Wildman–Crippen MR) is 60.3 cm³/mol. The largest absolute Gasteiger partial charge is 0.307 e. The van der Waals surface area contributed by atoms with Crippen molar-refractivity contribution in [2.24, 2.45) is 0 Å². The first-order valence-corrected chi connectivity index (χ1v) is 5.84. The molecule has 1 amide bonds. The van der Waals surface area contributed by atoms with E-state index in [1.807, 2.05) is 0 Å². The van der Waals surface area contributed by atoms with Gasteiger partial charge in [-0.05, 0) is 25.0 Å². The molecule has 0 radical (unpaired) electrons. The molecular formula is C11H10BrF2NO. The second kappa shape index (κ2) is 4.49. The van der Waals surface area contributed by atoms with E-state index in [4.69, 9.17) is 0 Å². The Morgan fingerprint density at radius 3 is 2.38 bits per heavy atom. The molecule has 1 aliphatic heterocycles. The van der Waals surface area contributed by atoms with Gasteiger partial charge in [0.05, 0.1) is 0 Å². The number of benzene rings is 1. The number of nitrogens with zero attached hydrogens (tertiary/aromatic N) is 1. The minimum absolute atomic E-state index is 0.216. The molecule has 1 fully saturated rings. The molecule has 2 rings (SSSR count). The lowest BCUT2D eigenvalue weighted by molar-refractivity contribution is -0.119. The lowest BCUT2D eigenvalue weighted by atomic mass is 10.1. The van der Waals surface area contributed by atoms with Crippen LogP contribution in [0.15, 0.2) is 16.6 Å². The minimum Gasteiger partial charge on any atom is -0.307 e. The molecule has 1 saturated heterocycles. The Balaban J connectivity index is 2.42. The number of carbonyl (C=O) groups is 1. The van der Waals surface area contributed by atoms with Crippen molar-refractivity contribution >= 4 is 27.5 Å². The zero-order valence-corrected chi connectivity index (χ0v) is 10.1. The van der Waals surface area contributed by atoms with Crippen molar-refractivity contribution in [3.8, 4) is 0 Å². The molecule has 86 valence electrons. The van der Waals surface area contributed by atoms with Crippen molar-refractivity contribution in [3.63, 3.8) is 0 Å². The highest BCUT2D eigenvalue weighted by atomic mass is 79.9. The van der Waals surface area contributed by atoms with Crippen molar-refractivity contribution in [3.05, 3.63) is 28.2 Å². The van der Waals surface area contributed by atoms with Gasteiger partial charge in [0.1, 0.15) is 5.69 Å². The Morgan fingerprint density at radius 2 is 1.81 bits per heavy atom. The molecule has 0 saturated carbocycles. The first kappa shape index (κ1) is 11.5. The highest BCUT2D eigenvalue weighted by Gasteiger charge is 2.25. The molecule has 0 atom stereocenters. The van der Waals surface area contributed by atoms with Crippen molar-refractivity contribution in [1.82, 2.24) is 0 Å². The molecule has 0 aliphatic carbocycles. The number of hydrogen-bond acceptors (Lipinski definition) is 1. The highest BCUT2D eigenvalue weighted by Crippen LogP contribution is 2.29. The maximum absolute atomic E-state index is 13.6. The Hall–Kier alpha value is -0.970. The van der Waals surface area contributed by atoms with Crippen LogP contribution in [0.5, 0.6) is 0 Å². The van der Waals surface area contributed by atoms with E-state index in [9.17, 15) is 13.6 Å². The molecule has 0 spiro atoms. The van der Waals surface area contributed by atoms with Gasteiger partial charge >= 0.3 is 0 Å². The summed E-state index contributed by atoms with van der Waals surface area (Å²) in [5, 5.41) is 0. The SMILES string of the molecule is O=C1CCCCN1c1c(F)cc(Br)cc1F. The van der Waals surface area contributed by atoms with E-state index in [2.05, 4.69) is 15.9 Å². The first-order chi connectivity index (χ1) is 7.59. The molecule has 0 N–H and O–H groups in total. The molecule has 2 nitrogen and oxygen atoms in total. The maximum Gasteiger partial charge on any atom is 0.227 e. The second-order valence-electron chi connectivity index (χ2n) is 3.72. The van der Waals surface area contributed by atoms with Gasteiger partial charge in [-0.1, -0.05) is 15.9 Å². The summed E-state index contributed by atoms with van der Waals surface area (Å²) in [5.41, 5.74) is -0.229. The summed E-state index contributed by atoms with van der Waals surface area (Å²) in [7, 11) is 0. The summed E-state index contributed by atoms with van der Waals surface area (Å²) < 4.78 is 27.5. The zero-order chi connectivity index (χ0) is 11.7. The number of hydrogen-bond donors (Lipinski definition) is 0. The van der Waals surface area contributed by atoms with Gasteiger partial charge < -0.3 is 4.90 Å². The van der Waals surface area contributed by atoms with E-state index in [0.29, 0.717) is 17.4 Å². The smallest absolute Gasteiger partial charge is 0.227 e. The summed E-state index contributed by atoms with van der Waals surface area (Å²) in [5.74, 6) is -1.63. The molecule has 1 aliphatic rings. The lowest BCUT2D eigenvalue weighted by Gasteiger charge is -2.27. The molecule has 16 heavy (non-hydrogen) atoms. The Bertz CT molecular complexity index is 413. The van der Waals surface area contributed by atoms with Crippen LogP contribution in [0.1, 0.15) is 19.3 Å².